The van der Waals surface area contributed by atoms with Crippen LogP contribution in [-0.2, 0) is 20.4 Å². The molecule has 0 unspecified atom stereocenters. The predicted molar refractivity (Wildman–Crippen MR) is 151 cm³/mol. The van der Waals surface area contributed by atoms with Gasteiger partial charge in [0.25, 0.3) is 0 Å². The summed E-state index contributed by atoms with van der Waals surface area (Å²) in [6.45, 7) is 1.46. The first kappa shape index (κ1) is 25.7. The second-order valence-corrected chi connectivity index (χ2v) is 11.9. The normalized spacial score (nSPS) is 17.2. The van der Waals surface area contributed by atoms with Gasteiger partial charge in [-0.25, -0.2) is 8.36 Å². The highest BCUT2D eigenvalue weighted by atomic mass is 32.2. The maximum absolute atomic E-state index is 14.9. The van der Waals surface area contributed by atoms with E-state index >= 15 is 0 Å². The number of amides is 1. The molecular formula is C29H24FN5O4S. The Morgan fingerprint density at radius 1 is 0.950 bits per heavy atom. The number of pyridine rings is 1. The molecule has 1 atom stereocenters. The van der Waals surface area contributed by atoms with E-state index in [1.165, 1.54) is 60.4 Å². The lowest BCUT2D eigenvalue weighted by molar-refractivity contribution is -0.120. The molecule has 0 spiro atoms. The molecule has 2 aromatic heterocycles. The Balaban J connectivity index is 1.57. The number of hydrogen-bond acceptors (Lipinski definition) is 6. The molecule has 0 saturated carbocycles. The average molecular weight is 558 g/mol. The molecule has 1 aliphatic heterocycles. The van der Waals surface area contributed by atoms with E-state index in [0.29, 0.717) is 22.0 Å². The highest BCUT2D eigenvalue weighted by Crippen LogP contribution is 2.50. The molecule has 5 aromatic rings. The molecule has 202 valence electrons. The standard InChI is InChI=1S/C29H24FN5O4S/c1-29(26-20(31)11-8-14-24(26)34(28(29)37)23-13-7-5-10-19(23)30)27(36)21-15-18-17-9-4-6-12-22(17)35(25(18)16-32-21)40(38,39)33(2)3/h4-16H,31H2,1-3H3/t29-/m0/s1. The van der Waals surface area contributed by atoms with E-state index in [4.69, 9.17) is 5.73 Å². The van der Waals surface area contributed by atoms with E-state index in [0.717, 1.165) is 4.31 Å². The summed E-state index contributed by atoms with van der Waals surface area (Å²) in [5, 5.41) is 1.07. The number of carbonyl (C=O) groups excluding carboxylic acids is 2. The van der Waals surface area contributed by atoms with Crippen LogP contribution in [0.4, 0.5) is 21.5 Å². The van der Waals surface area contributed by atoms with Crippen molar-refractivity contribution in [3.05, 3.63) is 96.1 Å². The quantitative estimate of drug-likeness (QED) is 0.195. The van der Waals surface area contributed by atoms with E-state index in [-0.39, 0.29) is 28.1 Å². The molecule has 9 nitrogen and oxygen atoms in total. The lowest BCUT2D eigenvalue weighted by Gasteiger charge is -2.23. The zero-order chi connectivity index (χ0) is 28.6. The minimum atomic E-state index is -3.93. The molecule has 0 bridgehead atoms. The lowest BCUT2D eigenvalue weighted by Crippen LogP contribution is -2.43. The van der Waals surface area contributed by atoms with Crippen molar-refractivity contribution >= 4 is 60.8 Å². The van der Waals surface area contributed by atoms with E-state index < -0.39 is 33.1 Å². The van der Waals surface area contributed by atoms with Crippen molar-refractivity contribution in [2.45, 2.75) is 12.3 Å². The molecule has 0 fully saturated rings. The number of nitrogen functional groups attached to an aromatic ring is 1. The van der Waals surface area contributed by atoms with Crippen molar-refractivity contribution in [1.29, 1.82) is 0 Å². The van der Waals surface area contributed by atoms with Crippen molar-refractivity contribution in [3.63, 3.8) is 0 Å². The summed E-state index contributed by atoms with van der Waals surface area (Å²) in [6.07, 6.45) is 1.32. The Morgan fingerprint density at radius 2 is 1.62 bits per heavy atom. The molecule has 0 radical (unpaired) electrons. The molecular weight excluding hydrogens is 533 g/mol. The Bertz CT molecular complexity index is 2000. The van der Waals surface area contributed by atoms with Gasteiger partial charge in [-0.15, -0.1) is 0 Å². The highest BCUT2D eigenvalue weighted by molar-refractivity contribution is 7.87. The number of aromatic nitrogens is 2. The van der Waals surface area contributed by atoms with Gasteiger partial charge >= 0.3 is 10.2 Å². The van der Waals surface area contributed by atoms with Gasteiger partial charge in [0.05, 0.1) is 28.6 Å². The highest BCUT2D eigenvalue weighted by Gasteiger charge is 2.55. The Kier molecular flexibility index (Phi) is 5.58. The first-order valence-corrected chi connectivity index (χ1v) is 13.7. The van der Waals surface area contributed by atoms with Gasteiger partial charge in [-0.3, -0.25) is 19.5 Å². The SMILES string of the molecule is CN(C)S(=O)(=O)n1c2ccccc2c2cc(C(=O)[C@@]3(C)C(=O)N(c4ccccc4F)c4cccc(N)c43)ncc21. The monoisotopic (exact) mass is 557 g/mol. The average Bonchev–Trinajstić information content (AvgIpc) is 3.39. The third-order valence-corrected chi connectivity index (χ3v) is 9.21. The van der Waals surface area contributed by atoms with Gasteiger partial charge in [0.1, 0.15) is 16.9 Å². The number of nitrogens with two attached hydrogens (primary N) is 1. The Hall–Kier alpha value is -4.61. The number of hydrogen-bond donors (Lipinski definition) is 1. The molecule has 6 rings (SSSR count). The molecule has 2 N–H and O–H groups in total. The van der Waals surface area contributed by atoms with Crippen molar-refractivity contribution in [1.82, 2.24) is 13.3 Å². The maximum atomic E-state index is 14.9. The van der Waals surface area contributed by atoms with Crippen LogP contribution >= 0.6 is 0 Å². The van der Waals surface area contributed by atoms with E-state index in [1.807, 2.05) is 0 Å². The first-order chi connectivity index (χ1) is 19.0. The fourth-order valence-electron chi connectivity index (χ4n) is 5.44. The number of nitrogens with zero attached hydrogens (tertiary/aromatic N) is 4. The summed E-state index contributed by atoms with van der Waals surface area (Å²) in [5.74, 6) is -1.95. The summed E-state index contributed by atoms with van der Waals surface area (Å²) in [6, 6.07) is 19.0. The third-order valence-electron chi connectivity index (χ3n) is 7.43. The number of ketones is 1. The van der Waals surface area contributed by atoms with Crippen LogP contribution in [0, 0.1) is 5.82 Å². The number of halogens is 1. The molecule has 1 aliphatic rings. The summed E-state index contributed by atoms with van der Waals surface area (Å²) in [5.41, 5.74) is 5.91. The second-order valence-electron chi connectivity index (χ2n) is 9.95. The van der Waals surface area contributed by atoms with Gasteiger partial charge in [0.2, 0.25) is 11.7 Å². The third kappa shape index (κ3) is 3.34. The summed E-state index contributed by atoms with van der Waals surface area (Å²) < 4.78 is 43.6. The summed E-state index contributed by atoms with van der Waals surface area (Å²) in [7, 11) is -1.08. The number of para-hydroxylation sites is 2. The topological polar surface area (TPSA) is 119 Å². The molecule has 3 aromatic carbocycles. The van der Waals surface area contributed by atoms with Crippen LogP contribution < -0.4 is 10.6 Å². The smallest absolute Gasteiger partial charge is 0.308 e. The van der Waals surface area contributed by atoms with Crippen LogP contribution in [0.15, 0.2) is 79.0 Å². The number of anilines is 3. The fraction of sp³-hybridized carbons (Fsp3) is 0.138. The Morgan fingerprint density at radius 3 is 2.35 bits per heavy atom. The minimum absolute atomic E-state index is 0.00347. The van der Waals surface area contributed by atoms with Crippen molar-refractivity contribution in [2.24, 2.45) is 0 Å². The largest absolute Gasteiger partial charge is 0.398 e. The summed E-state index contributed by atoms with van der Waals surface area (Å²) in [4.78, 5) is 33.8. The van der Waals surface area contributed by atoms with Gasteiger partial charge < -0.3 is 5.73 Å². The number of fused-ring (bicyclic) bond motifs is 4. The number of Topliss-reactive ketones (excluding diaryl/α,β-unsaturated/α-hetero) is 1. The zero-order valence-electron chi connectivity index (χ0n) is 21.8. The molecule has 3 heterocycles. The predicted octanol–water partition coefficient (Wildman–Crippen LogP) is 4.38. The number of carbonyl (C=O) groups is 2. The van der Waals surface area contributed by atoms with Gasteiger partial charge in [-0.2, -0.15) is 12.7 Å². The molecule has 0 aliphatic carbocycles. The lowest BCUT2D eigenvalue weighted by atomic mass is 9.77. The van der Waals surface area contributed by atoms with Crippen LogP contribution in [0.5, 0.6) is 0 Å². The van der Waals surface area contributed by atoms with Crippen molar-refractivity contribution < 1.29 is 22.4 Å². The molecule has 40 heavy (non-hydrogen) atoms. The van der Waals surface area contributed by atoms with Gasteiger partial charge in [0, 0.05) is 36.1 Å². The molecule has 11 heteroatoms. The number of benzene rings is 3. The van der Waals surface area contributed by atoms with Crippen LogP contribution in [0.25, 0.3) is 21.8 Å². The van der Waals surface area contributed by atoms with E-state index in [1.54, 1.807) is 48.5 Å². The van der Waals surface area contributed by atoms with E-state index in [2.05, 4.69) is 4.98 Å². The van der Waals surface area contributed by atoms with Gasteiger partial charge in [0.15, 0.2) is 0 Å². The summed E-state index contributed by atoms with van der Waals surface area (Å²) >= 11 is 0. The van der Waals surface area contributed by atoms with Crippen LogP contribution in [0.3, 0.4) is 0 Å². The molecule has 0 saturated heterocycles. The van der Waals surface area contributed by atoms with Crippen molar-refractivity contribution in [2.75, 3.05) is 24.7 Å². The van der Waals surface area contributed by atoms with Crippen LogP contribution in [0.2, 0.25) is 0 Å². The minimum Gasteiger partial charge on any atom is -0.398 e. The second kappa shape index (κ2) is 8.70. The fourth-order valence-corrected chi connectivity index (χ4v) is 6.57. The number of rotatable bonds is 5. The zero-order valence-corrected chi connectivity index (χ0v) is 22.6. The van der Waals surface area contributed by atoms with Crippen LogP contribution in [-0.4, -0.2) is 47.5 Å². The Labute approximate surface area is 229 Å². The van der Waals surface area contributed by atoms with Crippen molar-refractivity contribution in [3.8, 4) is 0 Å². The van der Waals surface area contributed by atoms with Gasteiger partial charge in [-0.1, -0.05) is 36.4 Å². The molecule has 1 amide bonds. The van der Waals surface area contributed by atoms with Gasteiger partial charge in [-0.05, 0) is 43.3 Å². The maximum Gasteiger partial charge on any atom is 0.308 e. The van der Waals surface area contributed by atoms with E-state index in [9.17, 15) is 22.4 Å². The first-order valence-electron chi connectivity index (χ1n) is 12.3. The van der Waals surface area contributed by atoms with Crippen LogP contribution in [0.1, 0.15) is 23.0 Å².